The summed E-state index contributed by atoms with van der Waals surface area (Å²) in [5.74, 6) is -0.0121. The SMILES string of the molecule is Cc1cc(C)c2c(c1)NCCCN2C(=O)CN. The Labute approximate surface area is 102 Å². The molecule has 0 atom stereocenters. The van der Waals surface area contributed by atoms with Crippen LogP contribution in [0.5, 0.6) is 0 Å². The quantitative estimate of drug-likeness (QED) is 0.771. The highest BCUT2D eigenvalue weighted by Crippen LogP contribution is 2.33. The second-order valence-corrected chi connectivity index (χ2v) is 4.51. The molecular weight excluding hydrogens is 214 g/mol. The van der Waals surface area contributed by atoms with Gasteiger partial charge >= 0.3 is 0 Å². The van der Waals surface area contributed by atoms with Gasteiger partial charge in [0.1, 0.15) is 0 Å². The van der Waals surface area contributed by atoms with Crippen molar-refractivity contribution < 1.29 is 4.79 Å². The van der Waals surface area contributed by atoms with Crippen LogP contribution in [0.1, 0.15) is 17.5 Å². The Morgan fingerprint density at radius 3 is 2.94 bits per heavy atom. The van der Waals surface area contributed by atoms with Crippen molar-refractivity contribution in [1.82, 2.24) is 0 Å². The first-order chi connectivity index (χ1) is 8.13. The van der Waals surface area contributed by atoms with E-state index in [-0.39, 0.29) is 12.5 Å². The summed E-state index contributed by atoms with van der Waals surface area (Å²) in [5.41, 5.74) is 9.84. The van der Waals surface area contributed by atoms with Gasteiger partial charge in [-0.2, -0.15) is 0 Å². The molecule has 3 N–H and O–H groups in total. The Balaban J connectivity index is 2.51. The summed E-state index contributed by atoms with van der Waals surface area (Å²) in [6.07, 6.45) is 0.943. The Kier molecular flexibility index (Phi) is 3.33. The van der Waals surface area contributed by atoms with Crippen LogP contribution in [0.25, 0.3) is 0 Å². The second-order valence-electron chi connectivity index (χ2n) is 4.51. The molecule has 0 aromatic heterocycles. The van der Waals surface area contributed by atoms with Crippen molar-refractivity contribution in [3.05, 3.63) is 23.3 Å². The molecule has 0 fully saturated rings. The van der Waals surface area contributed by atoms with Crippen molar-refractivity contribution in [2.45, 2.75) is 20.3 Å². The maximum atomic E-state index is 11.9. The van der Waals surface area contributed by atoms with E-state index in [4.69, 9.17) is 5.73 Å². The number of fused-ring (bicyclic) bond motifs is 1. The van der Waals surface area contributed by atoms with Crippen molar-refractivity contribution >= 4 is 17.3 Å². The minimum atomic E-state index is -0.0121. The van der Waals surface area contributed by atoms with E-state index in [9.17, 15) is 4.79 Å². The zero-order valence-corrected chi connectivity index (χ0v) is 10.4. The van der Waals surface area contributed by atoms with Crippen LogP contribution in [-0.4, -0.2) is 25.5 Å². The molecule has 0 radical (unpaired) electrons. The fourth-order valence-electron chi connectivity index (χ4n) is 2.38. The molecule has 0 unspecified atom stereocenters. The minimum absolute atomic E-state index is 0.0121. The van der Waals surface area contributed by atoms with Crippen LogP contribution in [0.3, 0.4) is 0 Å². The highest BCUT2D eigenvalue weighted by Gasteiger charge is 2.21. The lowest BCUT2D eigenvalue weighted by molar-refractivity contribution is -0.117. The highest BCUT2D eigenvalue weighted by molar-refractivity contribution is 5.99. The number of hydrogen-bond donors (Lipinski definition) is 2. The van der Waals surface area contributed by atoms with Crippen molar-refractivity contribution in [3.8, 4) is 0 Å². The number of benzene rings is 1. The number of nitrogens with two attached hydrogens (primary N) is 1. The first-order valence-electron chi connectivity index (χ1n) is 5.99. The van der Waals surface area contributed by atoms with Crippen molar-refractivity contribution in [2.24, 2.45) is 5.73 Å². The summed E-state index contributed by atoms with van der Waals surface area (Å²) >= 11 is 0. The molecule has 0 bridgehead atoms. The van der Waals surface area contributed by atoms with Crippen molar-refractivity contribution in [2.75, 3.05) is 29.9 Å². The smallest absolute Gasteiger partial charge is 0.240 e. The molecule has 1 aromatic carbocycles. The number of amides is 1. The van der Waals surface area contributed by atoms with Gasteiger partial charge in [0.15, 0.2) is 0 Å². The number of anilines is 2. The summed E-state index contributed by atoms with van der Waals surface area (Å²) in [5, 5.41) is 3.38. The topological polar surface area (TPSA) is 58.4 Å². The van der Waals surface area contributed by atoms with E-state index in [1.807, 2.05) is 11.8 Å². The third-order valence-electron chi connectivity index (χ3n) is 3.06. The second kappa shape index (κ2) is 4.75. The fraction of sp³-hybridized carbons (Fsp3) is 0.462. The molecule has 0 aliphatic carbocycles. The van der Waals surface area contributed by atoms with Crippen LogP contribution < -0.4 is 16.0 Å². The Bertz CT molecular complexity index is 443. The predicted octanol–water partition coefficient (Wildman–Crippen LogP) is 1.41. The van der Waals surface area contributed by atoms with E-state index >= 15 is 0 Å². The number of carbonyl (C=O) groups excluding carboxylic acids is 1. The van der Waals surface area contributed by atoms with Crippen LogP contribution in [0.2, 0.25) is 0 Å². The molecule has 0 spiro atoms. The molecular formula is C13H19N3O. The monoisotopic (exact) mass is 233 g/mol. The van der Waals surface area contributed by atoms with E-state index in [1.54, 1.807) is 0 Å². The molecule has 4 nitrogen and oxygen atoms in total. The molecule has 4 heteroatoms. The third-order valence-corrected chi connectivity index (χ3v) is 3.06. The largest absolute Gasteiger partial charge is 0.383 e. The van der Waals surface area contributed by atoms with Gasteiger partial charge < -0.3 is 16.0 Å². The van der Waals surface area contributed by atoms with Gasteiger partial charge in [-0.1, -0.05) is 6.07 Å². The Hall–Kier alpha value is -1.55. The van der Waals surface area contributed by atoms with Gasteiger partial charge in [0.2, 0.25) is 5.91 Å². The van der Waals surface area contributed by atoms with E-state index < -0.39 is 0 Å². The lowest BCUT2D eigenvalue weighted by Crippen LogP contribution is -2.37. The number of hydrogen-bond acceptors (Lipinski definition) is 3. The lowest BCUT2D eigenvalue weighted by Gasteiger charge is -2.24. The van der Waals surface area contributed by atoms with Crippen LogP contribution in [0.15, 0.2) is 12.1 Å². The van der Waals surface area contributed by atoms with E-state index in [2.05, 4.69) is 24.4 Å². The summed E-state index contributed by atoms with van der Waals surface area (Å²) in [6, 6.07) is 4.19. The summed E-state index contributed by atoms with van der Waals surface area (Å²) in [6.45, 7) is 5.79. The molecule has 0 saturated heterocycles. The predicted molar refractivity (Wildman–Crippen MR) is 70.4 cm³/mol. The molecule has 1 aliphatic rings. The van der Waals surface area contributed by atoms with E-state index in [0.29, 0.717) is 0 Å². The number of rotatable bonds is 1. The summed E-state index contributed by atoms with van der Waals surface area (Å²) < 4.78 is 0. The van der Waals surface area contributed by atoms with Gasteiger partial charge in [-0.25, -0.2) is 0 Å². The average molecular weight is 233 g/mol. The maximum Gasteiger partial charge on any atom is 0.240 e. The average Bonchev–Trinajstić information content (AvgIpc) is 2.50. The van der Waals surface area contributed by atoms with Gasteiger partial charge in [-0.05, 0) is 37.5 Å². The number of carbonyl (C=O) groups is 1. The molecule has 17 heavy (non-hydrogen) atoms. The minimum Gasteiger partial charge on any atom is -0.383 e. The first-order valence-corrected chi connectivity index (χ1v) is 5.99. The highest BCUT2D eigenvalue weighted by atomic mass is 16.2. The van der Waals surface area contributed by atoms with Crippen LogP contribution in [0.4, 0.5) is 11.4 Å². The Morgan fingerprint density at radius 1 is 1.47 bits per heavy atom. The van der Waals surface area contributed by atoms with Crippen molar-refractivity contribution in [1.29, 1.82) is 0 Å². The molecule has 1 aromatic rings. The molecule has 2 rings (SSSR count). The third kappa shape index (κ3) is 2.26. The number of nitrogens with zero attached hydrogens (tertiary/aromatic N) is 1. The van der Waals surface area contributed by atoms with Gasteiger partial charge in [0.25, 0.3) is 0 Å². The molecule has 92 valence electrons. The van der Waals surface area contributed by atoms with E-state index in [1.165, 1.54) is 5.56 Å². The first kappa shape index (κ1) is 11.9. The van der Waals surface area contributed by atoms with Gasteiger partial charge in [0, 0.05) is 13.1 Å². The molecule has 1 amide bonds. The summed E-state index contributed by atoms with van der Waals surface area (Å²) in [4.78, 5) is 13.7. The van der Waals surface area contributed by atoms with Crippen LogP contribution in [-0.2, 0) is 4.79 Å². The number of aryl methyl sites for hydroxylation is 2. The zero-order chi connectivity index (χ0) is 12.4. The number of nitrogens with one attached hydrogen (secondary N) is 1. The molecule has 1 heterocycles. The van der Waals surface area contributed by atoms with E-state index in [0.717, 1.165) is 36.4 Å². The van der Waals surface area contributed by atoms with Gasteiger partial charge in [-0.15, -0.1) is 0 Å². The fourth-order valence-corrected chi connectivity index (χ4v) is 2.38. The maximum absolute atomic E-state index is 11.9. The summed E-state index contributed by atoms with van der Waals surface area (Å²) in [7, 11) is 0. The van der Waals surface area contributed by atoms with Crippen LogP contribution >= 0.6 is 0 Å². The lowest BCUT2D eigenvalue weighted by atomic mass is 10.1. The Morgan fingerprint density at radius 2 is 2.24 bits per heavy atom. The van der Waals surface area contributed by atoms with Gasteiger partial charge in [-0.3, -0.25) is 4.79 Å². The van der Waals surface area contributed by atoms with Gasteiger partial charge in [0.05, 0.1) is 17.9 Å². The normalized spacial score (nSPS) is 14.9. The zero-order valence-electron chi connectivity index (χ0n) is 10.4. The van der Waals surface area contributed by atoms with Crippen LogP contribution in [0, 0.1) is 13.8 Å². The standard InChI is InChI=1S/C13H19N3O/c1-9-6-10(2)13-11(7-9)15-4-3-5-16(13)12(17)8-14/h6-7,15H,3-5,8,14H2,1-2H3. The molecule has 0 saturated carbocycles. The van der Waals surface area contributed by atoms with Crippen molar-refractivity contribution in [3.63, 3.8) is 0 Å². The molecule has 1 aliphatic heterocycles.